The lowest BCUT2D eigenvalue weighted by Crippen LogP contribution is -2.26. The first-order valence-corrected chi connectivity index (χ1v) is 14.9. The fourth-order valence-corrected chi connectivity index (χ4v) is 11.2. The predicted molar refractivity (Wildman–Crippen MR) is 132 cm³/mol. The Morgan fingerprint density at radius 3 is 0.926 bits per heavy atom. The summed E-state index contributed by atoms with van der Waals surface area (Å²) < 4.78 is 0. The highest BCUT2D eigenvalue weighted by molar-refractivity contribution is 7.77. The summed E-state index contributed by atoms with van der Waals surface area (Å²) in [5.74, 6) is 0. The molecule has 0 aliphatic rings. The average molecular weight is 400 g/mol. The molecule has 0 atom stereocenters. The van der Waals surface area contributed by atoms with Crippen molar-refractivity contribution in [1.29, 1.82) is 0 Å². The van der Waals surface area contributed by atoms with Gasteiger partial charge in [0.05, 0.1) is 23.1 Å². The first kappa shape index (κ1) is 27.4. The largest absolute Gasteiger partial charge is 0.0654 e. The monoisotopic (exact) mass is 399 g/mol. The number of rotatable bonds is 19. The summed E-state index contributed by atoms with van der Waals surface area (Å²) in [6.45, 7) is 17.3. The minimum absolute atomic E-state index is 0.798. The summed E-state index contributed by atoms with van der Waals surface area (Å²) in [6, 6.07) is 0. The van der Waals surface area contributed by atoms with E-state index in [0.29, 0.717) is 0 Å². The summed E-state index contributed by atoms with van der Waals surface area (Å²) in [7, 11) is -0.798. The first-order chi connectivity index (χ1) is 12.9. The van der Waals surface area contributed by atoms with Crippen LogP contribution in [0.2, 0.25) is 0 Å². The molecule has 0 amide bonds. The highest BCUT2D eigenvalue weighted by atomic mass is 31.2. The van der Waals surface area contributed by atoms with E-state index in [1.54, 1.807) is 0 Å². The molecule has 0 spiro atoms. The Balaban J connectivity index is 3.59. The predicted octanol–water partition coefficient (Wildman–Crippen LogP) is 10.1. The Hall–Kier alpha value is 0.430. The van der Waals surface area contributed by atoms with Gasteiger partial charge in [-0.3, -0.25) is 0 Å². The van der Waals surface area contributed by atoms with Crippen LogP contribution in [0.25, 0.3) is 0 Å². The summed E-state index contributed by atoms with van der Waals surface area (Å²) in [6.07, 6.45) is 23.6. The van der Waals surface area contributed by atoms with Crippen LogP contribution in [0, 0.1) is 0 Å². The average Bonchev–Trinajstić information content (AvgIpc) is 2.60. The Morgan fingerprint density at radius 2 is 0.667 bits per heavy atom. The topological polar surface area (TPSA) is 0 Å². The second kappa shape index (κ2) is 17.3. The van der Waals surface area contributed by atoms with Gasteiger partial charge in [0.25, 0.3) is 0 Å². The van der Waals surface area contributed by atoms with Crippen LogP contribution in [0.4, 0.5) is 0 Å². The summed E-state index contributed by atoms with van der Waals surface area (Å²) >= 11 is 0. The minimum Gasteiger partial charge on any atom is -0.0654 e. The van der Waals surface area contributed by atoms with Crippen molar-refractivity contribution in [3.63, 3.8) is 0 Å². The number of unbranched alkanes of at least 4 members (excludes halogenated alkanes) is 14. The van der Waals surface area contributed by atoms with E-state index in [1.165, 1.54) is 102 Å². The van der Waals surface area contributed by atoms with E-state index in [4.69, 9.17) is 0 Å². The molecule has 0 rings (SSSR count). The van der Waals surface area contributed by atoms with Crippen molar-refractivity contribution >= 4 is 7.26 Å². The molecule has 0 bridgehead atoms. The molecular formula is C26H56P+. The Bertz CT molecular complexity index is 284. The van der Waals surface area contributed by atoms with E-state index < -0.39 is 7.26 Å². The zero-order chi connectivity index (χ0) is 20.5. The van der Waals surface area contributed by atoms with Crippen molar-refractivity contribution in [2.24, 2.45) is 0 Å². The normalized spacial score (nSPS) is 12.7. The minimum atomic E-state index is -0.798. The van der Waals surface area contributed by atoms with E-state index >= 15 is 0 Å². The van der Waals surface area contributed by atoms with Crippen LogP contribution in [0.15, 0.2) is 0 Å². The molecule has 0 aliphatic heterocycles. The molecule has 0 aromatic heterocycles. The quantitative estimate of drug-likeness (QED) is 0.150. The summed E-state index contributed by atoms with van der Waals surface area (Å²) in [4.78, 5) is 0. The number of hydrogen-bond donors (Lipinski definition) is 0. The van der Waals surface area contributed by atoms with E-state index in [2.05, 4.69) is 48.5 Å². The third-order valence-corrected chi connectivity index (χ3v) is 13.9. The van der Waals surface area contributed by atoms with E-state index in [9.17, 15) is 0 Å². The van der Waals surface area contributed by atoms with Crippen molar-refractivity contribution in [3.8, 4) is 0 Å². The fraction of sp³-hybridized carbons (Fsp3) is 1.00. The third-order valence-electron chi connectivity index (χ3n) is 7.03. The molecule has 0 heterocycles. The van der Waals surface area contributed by atoms with E-state index in [1.807, 2.05) is 0 Å². The molecule has 27 heavy (non-hydrogen) atoms. The van der Waals surface area contributed by atoms with E-state index in [0.717, 1.165) is 17.0 Å². The van der Waals surface area contributed by atoms with Crippen LogP contribution >= 0.6 is 7.26 Å². The summed E-state index contributed by atoms with van der Waals surface area (Å²) in [5.41, 5.74) is 2.72. The maximum absolute atomic E-state index is 2.50. The molecule has 0 unspecified atom stereocenters. The highest BCUT2D eigenvalue weighted by Gasteiger charge is 2.46. The molecule has 164 valence electrons. The second-order valence-corrected chi connectivity index (χ2v) is 15.5. The third kappa shape index (κ3) is 11.9. The Labute approximate surface area is 175 Å². The van der Waals surface area contributed by atoms with Crippen molar-refractivity contribution in [3.05, 3.63) is 0 Å². The molecule has 0 nitrogen and oxygen atoms in total. The standard InChI is InChI=1S/C26H56P/c1-8-9-10-11-12-13-14-15-16-17-18-19-20-21-22-23-27(24(2)3,25(4)5)26(6)7/h24-26H,8-23H2,1-7H3/q+1. The van der Waals surface area contributed by atoms with Crippen LogP contribution in [0.5, 0.6) is 0 Å². The van der Waals surface area contributed by atoms with Crippen LogP contribution in [-0.2, 0) is 0 Å². The zero-order valence-corrected chi connectivity index (χ0v) is 21.4. The van der Waals surface area contributed by atoms with Gasteiger partial charge in [0.2, 0.25) is 0 Å². The van der Waals surface area contributed by atoms with Gasteiger partial charge in [-0.05, 0) is 54.4 Å². The maximum Gasteiger partial charge on any atom is 0.0646 e. The molecule has 0 fully saturated rings. The van der Waals surface area contributed by atoms with Gasteiger partial charge in [0, 0.05) is 7.26 Å². The van der Waals surface area contributed by atoms with Crippen molar-refractivity contribution in [2.75, 3.05) is 6.16 Å². The van der Waals surface area contributed by atoms with Gasteiger partial charge in [-0.15, -0.1) is 0 Å². The van der Waals surface area contributed by atoms with Crippen molar-refractivity contribution in [1.82, 2.24) is 0 Å². The number of hydrogen-bond acceptors (Lipinski definition) is 0. The van der Waals surface area contributed by atoms with Gasteiger partial charge < -0.3 is 0 Å². The van der Waals surface area contributed by atoms with Gasteiger partial charge in [-0.25, -0.2) is 0 Å². The van der Waals surface area contributed by atoms with Crippen molar-refractivity contribution in [2.45, 2.75) is 162 Å². The summed E-state index contributed by atoms with van der Waals surface area (Å²) in [5, 5.41) is 0. The van der Waals surface area contributed by atoms with Gasteiger partial charge in [0.15, 0.2) is 0 Å². The smallest absolute Gasteiger partial charge is 0.0646 e. The molecule has 0 N–H and O–H groups in total. The van der Waals surface area contributed by atoms with Gasteiger partial charge in [-0.2, -0.15) is 0 Å². The molecule has 0 aromatic rings. The van der Waals surface area contributed by atoms with Gasteiger partial charge >= 0.3 is 0 Å². The molecule has 0 saturated heterocycles. The molecule has 1 heteroatoms. The van der Waals surface area contributed by atoms with E-state index in [-0.39, 0.29) is 0 Å². The maximum atomic E-state index is 2.50. The lowest BCUT2D eigenvalue weighted by atomic mass is 10.0. The molecule has 0 saturated carbocycles. The van der Waals surface area contributed by atoms with Crippen LogP contribution < -0.4 is 0 Å². The van der Waals surface area contributed by atoms with Gasteiger partial charge in [0.1, 0.15) is 0 Å². The van der Waals surface area contributed by atoms with Crippen LogP contribution in [0.3, 0.4) is 0 Å². The Morgan fingerprint density at radius 1 is 0.407 bits per heavy atom. The zero-order valence-electron chi connectivity index (χ0n) is 20.5. The van der Waals surface area contributed by atoms with Crippen LogP contribution in [-0.4, -0.2) is 23.1 Å². The second-order valence-electron chi connectivity index (χ2n) is 9.95. The molecule has 0 aromatic carbocycles. The molecule has 0 aliphatic carbocycles. The lowest BCUT2D eigenvalue weighted by molar-refractivity contribution is 0.534. The Kier molecular flexibility index (Phi) is 17.6. The van der Waals surface area contributed by atoms with Gasteiger partial charge in [-0.1, -0.05) is 90.4 Å². The molecular weight excluding hydrogens is 343 g/mol. The highest BCUT2D eigenvalue weighted by Crippen LogP contribution is 2.70. The van der Waals surface area contributed by atoms with Crippen LogP contribution in [0.1, 0.15) is 145 Å². The van der Waals surface area contributed by atoms with Crippen molar-refractivity contribution < 1.29 is 0 Å². The SMILES string of the molecule is CCCCCCCCCCCCCCCCC[P+](C(C)C)(C(C)C)C(C)C. The first-order valence-electron chi connectivity index (χ1n) is 12.8. The lowest BCUT2D eigenvalue weighted by Gasteiger charge is -2.38. The molecule has 0 radical (unpaired) electrons. The fourth-order valence-electron chi connectivity index (χ4n) is 5.32.